The third-order valence-electron chi connectivity index (χ3n) is 4.68. The molecule has 2 atom stereocenters. The summed E-state index contributed by atoms with van der Waals surface area (Å²) < 4.78 is 59.7. The van der Waals surface area contributed by atoms with Crippen LogP contribution in [0.3, 0.4) is 0 Å². The molecule has 29 heavy (non-hydrogen) atoms. The predicted octanol–water partition coefficient (Wildman–Crippen LogP) is 3.43. The Morgan fingerprint density at radius 2 is 2.07 bits per heavy atom. The van der Waals surface area contributed by atoms with Gasteiger partial charge in [-0.3, -0.25) is 4.79 Å². The fourth-order valence-corrected chi connectivity index (χ4v) is 3.27. The Hall–Kier alpha value is -3.17. The molecule has 2 unspecified atom stereocenters. The van der Waals surface area contributed by atoms with E-state index >= 15 is 0 Å². The molecule has 1 aliphatic rings. The third-order valence-corrected chi connectivity index (χ3v) is 4.68. The zero-order valence-electron chi connectivity index (χ0n) is 15.4. The first-order valence-electron chi connectivity index (χ1n) is 8.78. The molecule has 2 aromatic rings. The van der Waals surface area contributed by atoms with Crippen LogP contribution in [0.2, 0.25) is 0 Å². The second-order valence-electron chi connectivity index (χ2n) is 6.57. The van der Waals surface area contributed by atoms with Crippen molar-refractivity contribution in [3.63, 3.8) is 0 Å². The summed E-state index contributed by atoms with van der Waals surface area (Å²) in [5, 5.41) is 2.39. The molecule has 0 aliphatic carbocycles. The summed E-state index contributed by atoms with van der Waals surface area (Å²) in [4.78, 5) is 19.9. The average molecular weight is 410 g/mol. The Labute approximate surface area is 163 Å². The summed E-state index contributed by atoms with van der Waals surface area (Å²) >= 11 is 0. The smallest absolute Gasteiger partial charge is 0.283 e. The monoisotopic (exact) mass is 410 g/mol. The molecule has 1 aliphatic heterocycles. The quantitative estimate of drug-likeness (QED) is 0.739. The fraction of sp³-hybridized carbons (Fsp3) is 0.316. The van der Waals surface area contributed by atoms with Crippen molar-refractivity contribution in [2.75, 3.05) is 12.0 Å². The molecule has 0 radical (unpaired) electrons. The number of nitrogens with two attached hydrogens (primary N) is 1. The Balaban J connectivity index is 1.95. The van der Waals surface area contributed by atoms with E-state index in [2.05, 4.69) is 15.3 Å². The van der Waals surface area contributed by atoms with Gasteiger partial charge in [0.1, 0.15) is 24.4 Å². The number of aromatic nitrogens is 1. The molecular formula is C19H18F4N4O2. The summed E-state index contributed by atoms with van der Waals surface area (Å²) in [5.74, 6) is -3.64. The zero-order chi connectivity index (χ0) is 21.2. The summed E-state index contributed by atoms with van der Waals surface area (Å²) in [6.07, 6.45) is 0.151. The van der Waals surface area contributed by atoms with Crippen LogP contribution in [0.15, 0.2) is 35.5 Å². The SMILES string of the molecule is CCC1(c2cc(NC(=O)c3ncc(F)cc3F)ccc2F)CC(CF)OC(N)=N1. The first-order chi connectivity index (χ1) is 13.8. The second kappa shape index (κ2) is 8.06. The van der Waals surface area contributed by atoms with E-state index < -0.39 is 47.4 Å². The van der Waals surface area contributed by atoms with Gasteiger partial charge in [0.05, 0.1) is 11.7 Å². The van der Waals surface area contributed by atoms with Gasteiger partial charge >= 0.3 is 0 Å². The van der Waals surface area contributed by atoms with Gasteiger partial charge in [-0.1, -0.05) is 6.92 Å². The van der Waals surface area contributed by atoms with Gasteiger partial charge in [-0.25, -0.2) is 27.5 Å². The van der Waals surface area contributed by atoms with E-state index in [1.807, 2.05) is 0 Å². The lowest BCUT2D eigenvalue weighted by Gasteiger charge is -2.36. The molecule has 154 valence electrons. The van der Waals surface area contributed by atoms with E-state index in [0.29, 0.717) is 12.3 Å². The molecule has 0 bridgehead atoms. The van der Waals surface area contributed by atoms with Crippen molar-refractivity contribution >= 4 is 17.6 Å². The lowest BCUT2D eigenvalue weighted by atomic mass is 9.81. The number of carbonyl (C=O) groups excluding carboxylic acids is 1. The largest absolute Gasteiger partial charge is 0.459 e. The first-order valence-corrected chi connectivity index (χ1v) is 8.78. The van der Waals surface area contributed by atoms with Gasteiger partial charge < -0.3 is 15.8 Å². The predicted molar refractivity (Wildman–Crippen MR) is 97.6 cm³/mol. The van der Waals surface area contributed by atoms with Gasteiger partial charge in [0.25, 0.3) is 11.9 Å². The van der Waals surface area contributed by atoms with E-state index in [1.54, 1.807) is 6.92 Å². The number of amidine groups is 1. The van der Waals surface area contributed by atoms with Crippen molar-refractivity contribution in [3.8, 4) is 0 Å². The Morgan fingerprint density at radius 1 is 1.31 bits per heavy atom. The van der Waals surface area contributed by atoms with Crippen molar-refractivity contribution in [3.05, 3.63) is 59.2 Å². The molecule has 1 aromatic carbocycles. The number of alkyl halides is 1. The van der Waals surface area contributed by atoms with Crippen molar-refractivity contribution in [1.82, 2.24) is 4.98 Å². The molecule has 0 fully saturated rings. The molecule has 3 rings (SSSR count). The van der Waals surface area contributed by atoms with E-state index in [4.69, 9.17) is 10.5 Å². The number of amides is 1. The number of halogens is 4. The van der Waals surface area contributed by atoms with Gasteiger partial charge in [-0.2, -0.15) is 0 Å². The minimum absolute atomic E-state index is 0.0448. The van der Waals surface area contributed by atoms with Crippen molar-refractivity contribution in [2.45, 2.75) is 31.4 Å². The van der Waals surface area contributed by atoms with Crippen molar-refractivity contribution in [1.29, 1.82) is 0 Å². The second-order valence-corrected chi connectivity index (χ2v) is 6.57. The minimum Gasteiger partial charge on any atom is -0.459 e. The maximum Gasteiger partial charge on any atom is 0.283 e. The molecule has 2 heterocycles. The number of carbonyl (C=O) groups is 1. The highest BCUT2D eigenvalue weighted by Crippen LogP contribution is 2.40. The number of anilines is 1. The van der Waals surface area contributed by atoms with Crippen LogP contribution in [0.4, 0.5) is 23.2 Å². The zero-order valence-corrected chi connectivity index (χ0v) is 15.4. The lowest BCUT2D eigenvalue weighted by molar-refractivity contribution is 0.0865. The normalized spacial score (nSPS) is 21.3. The van der Waals surface area contributed by atoms with E-state index in [-0.39, 0.29) is 30.1 Å². The van der Waals surface area contributed by atoms with Crippen LogP contribution in [0, 0.1) is 17.5 Å². The molecule has 1 amide bonds. The lowest BCUT2D eigenvalue weighted by Crippen LogP contribution is -2.41. The maximum absolute atomic E-state index is 14.6. The van der Waals surface area contributed by atoms with Crippen LogP contribution < -0.4 is 11.1 Å². The molecule has 6 nitrogen and oxygen atoms in total. The minimum atomic E-state index is -1.19. The number of ether oxygens (including phenoxy) is 1. The molecule has 10 heteroatoms. The number of hydrogen-bond acceptors (Lipinski definition) is 5. The highest BCUT2D eigenvalue weighted by atomic mass is 19.1. The molecule has 0 saturated carbocycles. The summed E-state index contributed by atoms with van der Waals surface area (Å²) in [6, 6.07) is 3.95. The maximum atomic E-state index is 14.6. The van der Waals surface area contributed by atoms with Crippen LogP contribution in [0.1, 0.15) is 35.8 Å². The standard InChI is InChI=1S/C19H18F4N4O2/c1-2-19(7-12(8-20)29-18(24)27-19)13-6-11(3-4-14(13)22)26-17(28)16-15(23)5-10(21)9-25-16/h3-6,9,12H,2,7-8H2,1H3,(H2,24,27)(H,26,28). The Kier molecular flexibility index (Phi) is 5.71. The third kappa shape index (κ3) is 4.15. The average Bonchev–Trinajstić information content (AvgIpc) is 2.68. The van der Waals surface area contributed by atoms with E-state index in [0.717, 1.165) is 6.07 Å². The molecule has 0 spiro atoms. The van der Waals surface area contributed by atoms with Crippen molar-refractivity contribution in [2.24, 2.45) is 10.7 Å². The first kappa shape index (κ1) is 20.6. The Bertz CT molecular complexity index is 969. The fourth-order valence-electron chi connectivity index (χ4n) is 3.27. The van der Waals surface area contributed by atoms with Gasteiger partial charge in [0, 0.05) is 23.7 Å². The van der Waals surface area contributed by atoms with Crippen LogP contribution in [0.25, 0.3) is 0 Å². The van der Waals surface area contributed by atoms with Gasteiger partial charge in [-0.05, 0) is 24.6 Å². The number of nitrogens with zero attached hydrogens (tertiary/aromatic N) is 2. The number of aliphatic imine (C=N–C) groups is 1. The van der Waals surface area contributed by atoms with Crippen molar-refractivity contribution < 1.29 is 27.1 Å². The molecular weight excluding hydrogens is 392 g/mol. The highest BCUT2D eigenvalue weighted by Gasteiger charge is 2.40. The number of hydrogen-bond donors (Lipinski definition) is 2. The summed E-state index contributed by atoms with van der Waals surface area (Å²) in [5.41, 5.74) is 4.05. The number of nitrogens with one attached hydrogen (secondary N) is 1. The van der Waals surface area contributed by atoms with E-state index in [9.17, 15) is 22.4 Å². The van der Waals surface area contributed by atoms with Gasteiger partial charge in [0.15, 0.2) is 11.5 Å². The number of pyridine rings is 1. The molecule has 3 N–H and O–H groups in total. The van der Waals surface area contributed by atoms with Gasteiger partial charge in [-0.15, -0.1) is 0 Å². The molecule has 1 aromatic heterocycles. The summed E-state index contributed by atoms with van der Waals surface area (Å²) in [6.45, 7) is 0.908. The van der Waals surface area contributed by atoms with Crippen LogP contribution in [-0.2, 0) is 10.3 Å². The van der Waals surface area contributed by atoms with Gasteiger partial charge in [0.2, 0.25) is 0 Å². The summed E-state index contributed by atoms with van der Waals surface area (Å²) in [7, 11) is 0. The van der Waals surface area contributed by atoms with Crippen LogP contribution >= 0.6 is 0 Å². The number of benzene rings is 1. The topological polar surface area (TPSA) is 89.6 Å². The van der Waals surface area contributed by atoms with E-state index in [1.165, 1.54) is 12.1 Å². The number of rotatable bonds is 5. The van der Waals surface area contributed by atoms with Crippen LogP contribution in [0.5, 0.6) is 0 Å². The molecule has 0 saturated heterocycles. The highest BCUT2D eigenvalue weighted by molar-refractivity contribution is 6.03. The Morgan fingerprint density at radius 3 is 2.72 bits per heavy atom. The van der Waals surface area contributed by atoms with Crippen LogP contribution in [-0.4, -0.2) is 29.7 Å².